The van der Waals surface area contributed by atoms with Gasteiger partial charge in [0.2, 0.25) is 0 Å². The summed E-state index contributed by atoms with van der Waals surface area (Å²) in [5.74, 6) is 0.0467. The highest BCUT2D eigenvalue weighted by Crippen LogP contribution is 2.08. The Kier molecular flexibility index (Phi) is 5.22. The van der Waals surface area contributed by atoms with Gasteiger partial charge in [-0.15, -0.1) is 0 Å². The monoisotopic (exact) mass is 230 g/mol. The topological polar surface area (TPSA) is 44.1 Å². The molecule has 0 aliphatic carbocycles. The van der Waals surface area contributed by atoms with Gasteiger partial charge in [0.1, 0.15) is 0 Å². The van der Waals surface area contributed by atoms with E-state index in [-0.39, 0.29) is 5.91 Å². The first-order valence-electron chi connectivity index (χ1n) is 6.02. The van der Waals surface area contributed by atoms with Gasteiger partial charge in [-0.1, -0.05) is 13.3 Å². The molecule has 0 aromatic heterocycles. The lowest BCUT2D eigenvalue weighted by molar-refractivity contribution is 0.0762. The fourth-order valence-corrected chi connectivity index (χ4v) is 1.62. The average molecular weight is 230 g/mol. The van der Waals surface area contributed by atoms with Gasteiger partial charge in [0.25, 0.3) is 5.91 Å². The Morgan fingerprint density at radius 1 is 1.29 bits per heavy atom. The molecule has 0 aliphatic rings. The lowest BCUT2D eigenvalue weighted by atomic mass is 10.1. The van der Waals surface area contributed by atoms with E-state index in [2.05, 4.69) is 6.92 Å². The highest BCUT2D eigenvalue weighted by molar-refractivity contribution is 5.94. The molecule has 1 aromatic carbocycles. The normalized spacial score (nSPS) is 9.71. The van der Waals surface area contributed by atoms with Crippen LogP contribution in [-0.4, -0.2) is 23.9 Å². The predicted molar refractivity (Wildman–Crippen MR) is 67.6 cm³/mol. The van der Waals surface area contributed by atoms with E-state index in [9.17, 15) is 4.79 Å². The van der Waals surface area contributed by atoms with Crippen molar-refractivity contribution in [2.45, 2.75) is 26.7 Å². The quantitative estimate of drug-likeness (QED) is 0.780. The van der Waals surface area contributed by atoms with Crippen LogP contribution in [0, 0.1) is 11.3 Å². The molecule has 3 nitrogen and oxygen atoms in total. The fourth-order valence-electron chi connectivity index (χ4n) is 1.62. The first kappa shape index (κ1) is 13.2. The Morgan fingerprint density at radius 3 is 2.41 bits per heavy atom. The number of benzene rings is 1. The van der Waals surface area contributed by atoms with Crippen LogP contribution in [0.25, 0.3) is 0 Å². The molecule has 0 N–H and O–H groups in total. The molecule has 0 bridgehead atoms. The zero-order chi connectivity index (χ0) is 12.7. The van der Waals surface area contributed by atoms with Crippen LogP contribution in [0.2, 0.25) is 0 Å². The zero-order valence-electron chi connectivity index (χ0n) is 10.4. The summed E-state index contributed by atoms with van der Waals surface area (Å²) in [7, 11) is 0. The van der Waals surface area contributed by atoms with Crippen LogP contribution in [0.3, 0.4) is 0 Å². The van der Waals surface area contributed by atoms with E-state index in [4.69, 9.17) is 5.26 Å². The summed E-state index contributed by atoms with van der Waals surface area (Å²) in [5.41, 5.74) is 1.24. The molecular weight excluding hydrogens is 212 g/mol. The smallest absolute Gasteiger partial charge is 0.253 e. The number of carbonyl (C=O) groups is 1. The number of carbonyl (C=O) groups excluding carboxylic acids is 1. The van der Waals surface area contributed by atoms with Crippen LogP contribution < -0.4 is 0 Å². The SMILES string of the molecule is CCCCN(CC)C(=O)c1ccc(C#N)cc1. The Morgan fingerprint density at radius 2 is 1.94 bits per heavy atom. The summed E-state index contributed by atoms with van der Waals surface area (Å²) in [6, 6.07) is 8.84. The van der Waals surface area contributed by atoms with Crippen LogP contribution in [0.1, 0.15) is 42.6 Å². The van der Waals surface area contributed by atoms with E-state index in [1.165, 1.54) is 0 Å². The van der Waals surface area contributed by atoms with E-state index in [1.807, 2.05) is 17.9 Å². The number of rotatable bonds is 5. The lowest BCUT2D eigenvalue weighted by Crippen LogP contribution is -2.31. The number of nitriles is 1. The van der Waals surface area contributed by atoms with Crippen molar-refractivity contribution in [3.63, 3.8) is 0 Å². The van der Waals surface area contributed by atoms with Crippen molar-refractivity contribution in [1.29, 1.82) is 5.26 Å². The minimum Gasteiger partial charge on any atom is -0.339 e. The molecule has 1 aromatic rings. The first-order valence-corrected chi connectivity index (χ1v) is 6.02. The maximum absolute atomic E-state index is 12.1. The highest BCUT2D eigenvalue weighted by Gasteiger charge is 2.12. The maximum atomic E-state index is 12.1. The minimum atomic E-state index is 0.0467. The van der Waals surface area contributed by atoms with Gasteiger partial charge in [-0.2, -0.15) is 5.26 Å². The number of hydrogen-bond acceptors (Lipinski definition) is 2. The van der Waals surface area contributed by atoms with Gasteiger partial charge in [0.15, 0.2) is 0 Å². The predicted octanol–water partition coefficient (Wildman–Crippen LogP) is 2.82. The Labute approximate surface area is 103 Å². The van der Waals surface area contributed by atoms with Gasteiger partial charge in [0, 0.05) is 18.7 Å². The molecule has 3 heteroatoms. The standard InChI is InChI=1S/C14H18N2O/c1-3-5-10-16(4-2)14(17)13-8-6-12(11-15)7-9-13/h6-9H,3-5,10H2,1-2H3. The van der Waals surface area contributed by atoms with Crippen LogP contribution in [0.4, 0.5) is 0 Å². The van der Waals surface area contributed by atoms with Crippen molar-refractivity contribution < 1.29 is 4.79 Å². The largest absolute Gasteiger partial charge is 0.339 e. The molecule has 90 valence electrons. The van der Waals surface area contributed by atoms with Gasteiger partial charge in [-0.25, -0.2) is 0 Å². The summed E-state index contributed by atoms with van der Waals surface area (Å²) in [6.45, 7) is 5.61. The Balaban J connectivity index is 2.76. The average Bonchev–Trinajstić information content (AvgIpc) is 2.39. The molecule has 17 heavy (non-hydrogen) atoms. The molecule has 0 spiro atoms. The molecule has 0 saturated heterocycles. The minimum absolute atomic E-state index is 0.0467. The molecular formula is C14H18N2O. The number of nitrogens with zero attached hydrogens (tertiary/aromatic N) is 2. The summed E-state index contributed by atoms with van der Waals surface area (Å²) in [4.78, 5) is 14.0. The second kappa shape index (κ2) is 6.70. The van der Waals surface area contributed by atoms with Crippen molar-refractivity contribution in [2.75, 3.05) is 13.1 Å². The fraction of sp³-hybridized carbons (Fsp3) is 0.429. The summed E-state index contributed by atoms with van der Waals surface area (Å²) >= 11 is 0. The third-order valence-corrected chi connectivity index (χ3v) is 2.71. The maximum Gasteiger partial charge on any atom is 0.253 e. The molecule has 0 radical (unpaired) electrons. The van der Waals surface area contributed by atoms with Crippen molar-refractivity contribution in [1.82, 2.24) is 4.90 Å². The van der Waals surface area contributed by atoms with Gasteiger partial charge in [-0.05, 0) is 37.6 Å². The van der Waals surface area contributed by atoms with E-state index in [0.29, 0.717) is 11.1 Å². The van der Waals surface area contributed by atoms with Gasteiger partial charge < -0.3 is 4.90 Å². The van der Waals surface area contributed by atoms with Crippen molar-refractivity contribution in [3.05, 3.63) is 35.4 Å². The van der Waals surface area contributed by atoms with Gasteiger partial charge in [0.05, 0.1) is 11.6 Å². The molecule has 0 aliphatic heterocycles. The molecule has 1 amide bonds. The molecule has 0 atom stereocenters. The third-order valence-electron chi connectivity index (χ3n) is 2.71. The zero-order valence-corrected chi connectivity index (χ0v) is 10.4. The van der Waals surface area contributed by atoms with E-state index < -0.39 is 0 Å². The number of amides is 1. The van der Waals surface area contributed by atoms with Crippen molar-refractivity contribution in [3.8, 4) is 6.07 Å². The van der Waals surface area contributed by atoms with E-state index in [0.717, 1.165) is 25.9 Å². The van der Waals surface area contributed by atoms with E-state index in [1.54, 1.807) is 24.3 Å². The summed E-state index contributed by atoms with van der Waals surface area (Å²) < 4.78 is 0. The van der Waals surface area contributed by atoms with Crippen molar-refractivity contribution >= 4 is 5.91 Å². The van der Waals surface area contributed by atoms with Crippen LogP contribution in [-0.2, 0) is 0 Å². The molecule has 0 heterocycles. The lowest BCUT2D eigenvalue weighted by Gasteiger charge is -2.20. The second-order valence-corrected chi connectivity index (χ2v) is 3.93. The van der Waals surface area contributed by atoms with Gasteiger partial charge >= 0.3 is 0 Å². The van der Waals surface area contributed by atoms with Crippen LogP contribution in [0.5, 0.6) is 0 Å². The third kappa shape index (κ3) is 3.60. The first-order chi connectivity index (χ1) is 8.22. The highest BCUT2D eigenvalue weighted by atomic mass is 16.2. The molecule has 0 unspecified atom stereocenters. The summed E-state index contributed by atoms with van der Waals surface area (Å²) in [5, 5.41) is 8.69. The van der Waals surface area contributed by atoms with Crippen LogP contribution in [0.15, 0.2) is 24.3 Å². The molecule has 1 rings (SSSR count). The van der Waals surface area contributed by atoms with Crippen molar-refractivity contribution in [2.24, 2.45) is 0 Å². The number of unbranched alkanes of at least 4 members (excludes halogenated alkanes) is 1. The Bertz CT molecular complexity index is 403. The Hall–Kier alpha value is -1.82. The number of hydrogen-bond donors (Lipinski definition) is 0. The second-order valence-electron chi connectivity index (χ2n) is 3.93. The molecule has 0 fully saturated rings. The summed E-state index contributed by atoms with van der Waals surface area (Å²) in [6.07, 6.45) is 2.10. The van der Waals surface area contributed by atoms with Gasteiger partial charge in [-0.3, -0.25) is 4.79 Å². The van der Waals surface area contributed by atoms with E-state index >= 15 is 0 Å². The van der Waals surface area contributed by atoms with Crippen LogP contribution >= 0.6 is 0 Å². The molecule has 0 saturated carbocycles.